The first-order valence-electron chi connectivity index (χ1n) is 5.43. The van der Waals surface area contributed by atoms with Crippen molar-refractivity contribution in [2.75, 3.05) is 0 Å². The maximum atomic E-state index is 11.4. The van der Waals surface area contributed by atoms with Crippen molar-refractivity contribution in [3.8, 4) is 0 Å². The molecule has 0 radical (unpaired) electrons. The van der Waals surface area contributed by atoms with E-state index in [1.54, 1.807) is 0 Å². The molecule has 0 saturated heterocycles. The zero-order chi connectivity index (χ0) is 10.4. The highest BCUT2D eigenvalue weighted by Crippen LogP contribution is 2.16. The average Bonchev–Trinajstić information content (AvgIpc) is 1.80. The second-order valence-electron chi connectivity index (χ2n) is 5.08. The van der Waals surface area contributed by atoms with Gasteiger partial charge in [0.05, 0.1) is 0 Å². The van der Waals surface area contributed by atoms with Gasteiger partial charge in [-0.3, -0.25) is 4.79 Å². The van der Waals surface area contributed by atoms with E-state index in [-0.39, 0.29) is 0 Å². The molecule has 1 nitrogen and oxygen atoms in total. The van der Waals surface area contributed by atoms with Crippen molar-refractivity contribution in [1.29, 1.82) is 0 Å². The van der Waals surface area contributed by atoms with Gasteiger partial charge in [0.1, 0.15) is 5.78 Å². The highest BCUT2D eigenvalue weighted by Gasteiger charge is 2.11. The molecular weight excluding hydrogens is 160 g/mol. The Morgan fingerprint density at radius 3 is 1.85 bits per heavy atom. The van der Waals surface area contributed by atoms with Crippen molar-refractivity contribution in [1.82, 2.24) is 0 Å². The predicted octanol–water partition coefficient (Wildman–Crippen LogP) is 3.67. The van der Waals surface area contributed by atoms with Gasteiger partial charge in [-0.25, -0.2) is 0 Å². The summed E-state index contributed by atoms with van der Waals surface area (Å²) in [5.74, 6) is 2.22. The number of Topliss-reactive ketones (excluding diaryl/α,β-unsaturated/α-hetero) is 1. The molecule has 78 valence electrons. The van der Waals surface area contributed by atoms with Crippen LogP contribution in [0.2, 0.25) is 0 Å². The molecule has 1 heteroatoms. The molecule has 0 fully saturated rings. The Hall–Kier alpha value is -0.330. The number of rotatable bonds is 6. The van der Waals surface area contributed by atoms with Crippen molar-refractivity contribution in [2.45, 2.75) is 53.9 Å². The molecule has 0 heterocycles. The van der Waals surface area contributed by atoms with Crippen molar-refractivity contribution in [3.63, 3.8) is 0 Å². The van der Waals surface area contributed by atoms with Crippen LogP contribution in [0.25, 0.3) is 0 Å². The van der Waals surface area contributed by atoms with Crippen LogP contribution in [-0.2, 0) is 4.79 Å². The second kappa shape index (κ2) is 6.17. The first kappa shape index (κ1) is 12.7. The van der Waals surface area contributed by atoms with E-state index < -0.39 is 0 Å². The molecular formula is C12H24O. The molecule has 13 heavy (non-hydrogen) atoms. The number of ketones is 1. The molecule has 0 aromatic heterocycles. The zero-order valence-electron chi connectivity index (χ0n) is 9.76. The lowest BCUT2D eigenvalue weighted by Gasteiger charge is -2.13. The van der Waals surface area contributed by atoms with Crippen molar-refractivity contribution in [2.24, 2.45) is 17.8 Å². The second-order valence-corrected chi connectivity index (χ2v) is 5.08. The van der Waals surface area contributed by atoms with E-state index in [0.29, 0.717) is 23.5 Å². The minimum atomic E-state index is 0.433. The smallest absolute Gasteiger partial charge is 0.133 e. The molecule has 0 aliphatic heterocycles. The summed E-state index contributed by atoms with van der Waals surface area (Å²) in [6, 6.07) is 0. The van der Waals surface area contributed by atoms with E-state index in [2.05, 4.69) is 34.6 Å². The normalized spacial score (nSPS) is 13.8. The summed E-state index contributed by atoms with van der Waals surface area (Å²) in [6.07, 6.45) is 2.70. The van der Waals surface area contributed by atoms with Crippen molar-refractivity contribution < 1.29 is 4.79 Å². The summed E-state index contributed by atoms with van der Waals surface area (Å²) in [6.45, 7) is 10.8. The molecule has 0 aromatic carbocycles. The van der Waals surface area contributed by atoms with Crippen LogP contribution in [0.1, 0.15) is 53.9 Å². The number of carbonyl (C=O) groups is 1. The maximum absolute atomic E-state index is 11.4. The Bertz CT molecular complexity index is 147. The Balaban J connectivity index is 3.65. The van der Waals surface area contributed by atoms with E-state index in [1.807, 2.05) is 0 Å². The molecule has 0 aliphatic rings. The van der Waals surface area contributed by atoms with Crippen LogP contribution in [0.4, 0.5) is 0 Å². The van der Waals surface area contributed by atoms with Gasteiger partial charge in [0, 0.05) is 12.8 Å². The Kier molecular flexibility index (Phi) is 6.02. The molecule has 1 atom stereocenters. The molecule has 0 unspecified atom stereocenters. The lowest BCUT2D eigenvalue weighted by molar-refractivity contribution is -0.120. The minimum Gasteiger partial charge on any atom is -0.300 e. The highest BCUT2D eigenvalue weighted by atomic mass is 16.1. The molecule has 0 spiro atoms. The van der Waals surface area contributed by atoms with E-state index in [0.717, 1.165) is 12.8 Å². The predicted molar refractivity (Wildman–Crippen MR) is 57.7 cm³/mol. The van der Waals surface area contributed by atoms with Gasteiger partial charge in [0.25, 0.3) is 0 Å². The lowest BCUT2D eigenvalue weighted by Crippen LogP contribution is -2.09. The third kappa shape index (κ3) is 8.01. The fourth-order valence-electron chi connectivity index (χ4n) is 1.82. The summed E-state index contributed by atoms with van der Waals surface area (Å²) in [7, 11) is 0. The zero-order valence-corrected chi connectivity index (χ0v) is 9.76. The van der Waals surface area contributed by atoms with E-state index in [9.17, 15) is 4.79 Å². The molecule has 0 N–H and O–H groups in total. The Morgan fingerprint density at radius 2 is 1.46 bits per heavy atom. The van der Waals surface area contributed by atoms with Crippen LogP contribution >= 0.6 is 0 Å². The van der Waals surface area contributed by atoms with Gasteiger partial charge in [-0.05, 0) is 24.2 Å². The van der Waals surface area contributed by atoms with Crippen LogP contribution in [0.15, 0.2) is 0 Å². The van der Waals surface area contributed by atoms with Crippen molar-refractivity contribution >= 4 is 5.78 Å². The van der Waals surface area contributed by atoms with E-state index >= 15 is 0 Å². The Morgan fingerprint density at radius 1 is 0.923 bits per heavy atom. The largest absolute Gasteiger partial charge is 0.300 e. The molecule has 0 aliphatic carbocycles. The molecule has 0 saturated carbocycles. The van der Waals surface area contributed by atoms with Crippen LogP contribution in [0.3, 0.4) is 0 Å². The molecule has 0 aromatic rings. The standard InChI is InChI=1S/C12H24O/c1-9(2)6-11(5)8-12(13)7-10(3)4/h9-11H,6-8H2,1-5H3/t11-/m1/s1. The van der Waals surface area contributed by atoms with Gasteiger partial charge >= 0.3 is 0 Å². The SMILES string of the molecule is CC(C)CC(=O)C[C@H](C)CC(C)C. The van der Waals surface area contributed by atoms with Crippen LogP contribution in [-0.4, -0.2) is 5.78 Å². The number of hydrogen-bond acceptors (Lipinski definition) is 1. The summed E-state index contributed by atoms with van der Waals surface area (Å²) in [5, 5.41) is 0. The quantitative estimate of drug-likeness (QED) is 0.615. The molecule has 0 bridgehead atoms. The van der Waals surface area contributed by atoms with E-state index in [1.165, 1.54) is 6.42 Å². The fourth-order valence-corrected chi connectivity index (χ4v) is 1.82. The van der Waals surface area contributed by atoms with Crippen molar-refractivity contribution in [3.05, 3.63) is 0 Å². The summed E-state index contributed by atoms with van der Waals surface area (Å²) >= 11 is 0. The Labute approximate surface area is 82.9 Å². The minimum absolute atomic E-state index is 0.433. The summed E-state index contributed by atoms with van der Waals surface area (Å²) < 4.78 is 0. The molecule has 0 rings (SSSR count). The fraction of sp³-hybridized carbons (Fsp3) is 0.917. The summed E-state index contributed by atoms with van der Waals surface area (Å²) in [4.78, 5) is 11.4. The van der Waals surface area contributed by atoms with Gasteiger partial charge in [-0.15, -0.1) is 0 Å². The first-order valence-corrected chi connectivity index (χ1v) is 5.43. The van der Waals surface area contributed by atoms with Gasteiger partial charge < -0.3 is 0 Å². The topological polar surface area (TPSA) is 17.1 Å². The molecule has 0 amide bonds. The number of hydrogen-bond donors (Lipinski definition) is 0. The number of carbonyl (C=O) groups excluding carboxylic acids is 1. The first-order chi connectivity index (χ1) is 5.91. The lowest BCUT2D eigenvalue weighted by atomic mass is 9.92. The maximum Gasteiger partial charge on any atom is 0.133 e. The van der Waals surface area contributed by atoms with Crippen LogP contribution < -0.4 is 0 Å². The van der Waals surface area contributed by atoms with Gasteiger partial charge in [-0.2, -0.15) is 0 Å². The van der Waals surface area contributed by atoms with Gasteiger partial charge in [0.2, 0.25) is 0 Å². The van der Waals surface area contributed by atoms with Gasteiger partial charge in [-0.1, -0.05) is 34.6 Å². The average molecular weight is 184 g/mol. The van der Waals surface area contributed by atoms with Gasteiger partial charge in [0.15, 0.2) is 0 Å². The summed E-state index contributed by atoms with van der Waals surface area (Å²) in [5.41, 5.74) is 0. The third-order valence-corrected chi connectivity index (χ3v) is 2.09. The highest BCUT2D eigenvalue weighted by molar-refractivity contribution is 5.78. The van der Waals surface area contributed by atoms with Crippen LogP contribution in [0, 0.1) is 17.8 Å². The monoisotopic (exact) mass is 184 g/mol. The van der Waals surface area contributed by atoms with E-state index in [4.69, 9.17) is 0 Å². The third-order valence-electron chi connectivity index (χ3n) is 2.09. The van der Waals surface area contributed by atoms with Crippen LogP contribution in [0.5, 0.6) is 0 Å².